The highest BCUT2D eigenvalue weighted by Gasteiger charge is 2.12. The molecule has 0 unspecified atom stereocenters. The minimum absolute atomic E-state index is 0.365. The maximum Gasteiger partial charge on any atom is 0.179 e. The molecule has 0 saturated heterocycles. The van der Waals surface area contributed by atoms with E-state index in [4.69, 9.17) is 25.8 Å². The molecule has 0 aliphatic rings. The third-order valence-corrected chi connectivity index (χ3v) is 3.88. The van der Waals surface area contributed by atoms with Crippen LogP contribution in [-0.2, 0) is 13.0 Å². The molecule has 0 aromatic heterocycles. The molecule has 2 rings (SSSR count). The average molecular weight is 362 g/mol. The van der Waals surface area contributed by atoms with E-state index in [2.05, 4.69) is 11.9 Å². The summed E-state index contributed by atoms with van der Waals surface area (Å²) in [6.45, 7) is 5.25. The molecule has 0 spiro atoms. The quantitative estimate of drug-likeness (QED) is 0.507. The van der Waals surface area contributed by atoms with E-state index < -0.39 is 0 Å². The molecule has 0 bridgehead atoms. The molecule has 0 radical (unpaired) electrons. The Hall–Kier alpha value is -2.17. The minimum Gasteiger partial charge on any atom is -0.493 e. The van der Waals surface area contributed by atoms with Crippen molar-refractivity contribution in [3.63, 3.8) is 0 Å². The van der Waals surface area contributed by atoms with E-state index in [0.717, 1.165) is 23.3 Å². The van der Waals surface area contributed by atoms with E-state index in [1.165, 1.54) is 0 Å². The fourth-order valence-corrected chi connectivity index (χ4v) is 2.77. The van der Waals surface area contributed by atoms with Gasteiger partial charge in [-0.15, -0.1) is 6.58 Å². The Morgan fingerprint density at radius 3 is 2.60 bits per heavy atom. The van der Waals surface area contributed by atoms with Crippen LogP contribution in [0.1, 0.15) is 11.1 Å². The SMILES string of the molecule is C=CCc1ccccc1OCCOc1c(Cl)cc(CNC)cc1OC. The molecule has 0 fully saturated rings. The van der Waals surface area contributed by atoms with Crippen LogP contribution in [0.5, 0.6) is 17.2 Å². The van der Waals surface area contributed by atoms with Crippen molar-refractivity contribution in [2.24, 2.45) is 0 Å². The lowest BCUT2D eigenvalue weighted by atomic mass is 10.1. The number of methoxy groups -OCH3 is 1. The summed E-state index contributed by atoms with van der Waals surface area (Å²) >= 11 is 6.33. The molecule has 4 nitrogen and oxygen atoms in total. The number of ether oxygens (including phenoxy) is 3. The third-order valence-electron chi connectivity index (χ3n) is 3.59. The summed E-state index contributed by atoms with van der Waals surface area (Å²) in [6, 6.07) is 11.7. The monoisotopic (exact) mass is 361 g/mol. The van der Waals surface area contributed by atoms with Gasteiger partial charge in [-0.1, -0.05) is 35.9 Å². The minimum atomic E-state index is 0.365. The zero-order chi connectivity index (χ0) is 18.1. The predicted molar refractivity (Wildman–Crippen MR) is 102 cm³/mol. The molecule has 0 saturated carbocycles. The number of allylic oxidation sites excluding steroid dienone is 1. The van der Waals surface area contributed by atoms with E-state index in [0.29, 0.717) is 36.3 Å². The van der Waals surface area contributed by atoms with E-state index in [-0.39, 0.29) is 0 Å². The molecule has 0 atom stereocenters. The van der Waals surface area contributed by atoms with E-state index >= 15 is 0 Å². The van der Waals surface area contributed by atoms with Crippen LogP contribution in [-0.4, -0.2) is 27.4 Å². The first-order chi connectivity index (χ1) is 12.2. The lowest BCUT2D eigenvalue weighted by Gasteiger charge is -2.15. The molecule has 2 aromatic rings. The van der Waals surface area contributed by atoms with Gasteiger partial charge in [0.25, 0.3) is 0 Å². The van der Waals surface area contributed by atoms with Crippen molar-refractivity contribution >= 4 is 11.6 Å². The summed E-state index contributed by atoms with van der Waals surface area (Å²) in [5.74, 6) is 1.99. The van der Waals surface area contributed by atoms with Crippen molar-refractivity contribution in [1.82, 2.24) is 5.32 Å². The standard InChI is InChI=1S/C20H24ClNO3/c1-4-7-16-8-5-6-9-18(16)24-10-11-25-20-17(21)12-15(14-22-2)13-19(20)23-3/h4-6,8-9,12-13,22H,1,7,10-11,14H2,2-3H3. The Labute approximate surface area is 154 Å². The van der Waals surface area contributed by atoms with Crippen molar-refractivity contribution in [3.05, 3.63) is 65.2 Å². The normalized spacial score (nSPS) is 10.4. The Bertz CT molecular complexity index is 703. The van der Waals surface area contributed by atoms with Crippen LogP contribution in [0.2, 0.25) is 5.02 Å². The zero-order valence-corrected chi connectivity index (χ0v) is 15.4. The molecular formula is C20H24ClNO3. The summed E-state index contributed by atoms with van der Waals surface area (Å²) in [5, 5.41) is 3.61. The van der Waals surface area contributed by atoms with Gasteiger partial charge in [0.1, 0.15) is 19.0 Å². The fourth-order valence-electron chi connectivity index (χ4n) is 2.48. The third kappa shape index (κ3) is 5.41. The molecule has 0 aliphatic heterocycles. The zero-order valence-electron chi connectivity index (χ0n) is 14.7. The van der Waals surface area contributed by atoms with Gasteiger partial charge in [-0.25, -0.2) is 0 Å². The Kier molecular flexibility index (Phi) is 7.64. The summed E-state index contributed by atoms with van der Waals surface area (Å²) in [6.07, 6.45) is 2.62. The molecule has 2 aromatic carbocycles. The maximum absolute atomic E-state index is 6.33. The van der Waals surface area contributed by atoms with Gasteiger partial charge in [-0.3, -0.25) is 0 Å². The van der Waals surface area contributed by atoms with Gasteiger partial charge in [0.2, 0.25) is 0 Å². The molecule has 134 valence electrons. The maximum atomic E-state index is 6.33. The Morgan fingerprint density at radius 1 is 1.12 bits per heavy atom. The number of halogens is 1. The average Bonchev–Trinajstić information content (AvgIpc) is 2.61. The molecule has 0 aliphatic carbocycles. The molecule has 1 N–H and O–H groups in total. The van der Waals surface area contributed by atoms with Gasteiger partial charge < -0.3 is 19.5 Å². The predicted octanol–water partition coefficient (Wildman–Crippen LogP) is 4.25. The van der Waals surface area contributed by atoms with Crippen LogP contribution in [0.3, 0.4) is 0 Å². The second kappa shape index (κ2) is 9.97. The number of hydrogen-bond acceptors (Lipinski definition) is 4. The number of para-hydroxylation sites is 1. The highest BCUT2D eigenvalue weighted by atomic mass is 35.5. The van der Waals surface area contributed by atoms with Gasteiger partial charge in [0.05, 0.1) is 12.1 Å². The van der Waals surface area contributed by atoms with Crippen LogP contribution in [0, 0.1) is 0 Å². The van der Waals surface area contributed by atoms with Crippen LogP contribution in [0.4, 0.5) is 0 Å². The Balaban J connectivity index is 1.97. The first-order valence-electron chi connectivity index (χ1n) is 8.15. The van der Waals surface area contributed by atoms with Crippen molar-refractivity contribution in [2.45, 2.75) is 13.0 Å². The van der Waals surface area contributed by atoms with Crippen molar-refractivity contribution < 1.29 is 14.2 Å². The van der Waals surface area contributed by atoms with Crippen molar-refractivity contribution in [2.75, 3.05) is 27.4 Å². The topological polar surface area (TPSA) is 39.7 Å². The van der Waals surface area contributed by atoms with Gasteiger partial charge in [0, 0.05) is 6.54 Å². The fraction of sp³-hybridized carbons (Fsp3) is 0.300. The first kappa shape index (κ1) is 19.2. The lowest BCUT2D eigenvalue weighted by molar-refractivity contribution is 0.210. The summed E-state index contributed by atoms with van der Waals surface area (Å²) in [7, 11) is 3.48. The van der Waals surface area contributed by atoms with Gasteiger partial charge in [-0.2, -0.15) is 0 Å². The molecule has 5 heteroatoms. The smallest absolute Gasteiger partial charge is 0.179 e. The first-order valence-corrected chi connectivity index (χ1v) is 8.52. The van der Waals surface area contributed by atoms with Crippen LogP contribution in [0.15, 0.2) is 49.1 Å². The highest BCUT2D eigenvalue weighted by molar-refractivity contribution is 6.32. The number of benzene rings is 2. The highest BCUT2D eigenvalue weighted by Crippen LogP contribution is 2.36. The largest absolute Gasteiger partial charge is 0.493 e. The lowest BCUT2D eigenvalue weighted by Crippen LogP contribution is -2.11. The van der Waals surface area contributed by atoms with E-state index in [1.807, 2.05) is 49.5 Å². The summed E-state index contributed by atoms with van der Waals surface area (Å²) in [4.78, 5) is 0. The van der Waals surface area contributed by atoms with Crippen LogP contribution in [0.25, 0.3) is 0 Å². The van der Waals surface area contributed by atoms with E-state index in [9.17, 15) is 0 Å². The molecular weight excluding hydrogens is 338 g/mol. The molecule has 25 heavy (non-hydrogen) atoms. The van der Waals surface area contributed by atoms with E-state index in [1.54, 1.807) is 7.11 Å². The van der Waals surface area contributed by atoms with Gasteiger partial charge in [-0.05, 0) is 42.8 Å². The Morgan fingerprint density at radius 2 is 1.88 bits per heavy atom. The van der Waals surface area contributed by atoms with Crippen LogP contribution < -0.4 is 19.5 Å². The van der Waals surface area contributed by atoms with Crippen molar-refractivity contribution in [1.29, 1.82) is 0 Å². The molecule has 0 heterocycles. The van der Waals surface area contributed by atoms with Crippen LogP contribution >= 0.6 is 11.6 Å². The number of nitrogens with one attached hydrogen (secondary N) is 1. The summed E-state index contributed by atoms with van der Waals surface area (Å²) < 4.78 is 17.0. The molecule has 0 amide bonds. The number of rotatable bonds is 10. The number of hydrogen-bond donors (Lipinski definition) is 1. The van der Waals surface area contributed by atoms with Gasteiger partial charge in [0.15, 0.2) is 11.5 Å². The summed E-state index contributed by atoms with van der Waals surface area (Å²) in [5.41, 5.74) is 2.14. The van der Waals surface area contributed by atoms with Gasteiger partial charge >= 0.3 is 0 Å². The van der Waals surface area contributed by atoms with Crippen molar-refractivity contribution in [3.8, 4) is 17.2 Å². The second-order valence-electron chi connectivity index (χ2n) is 5.44. The second-order valence-corrected chi connectivity index (χ2v) is 5.84.